The molecule has 1 rings (SSSR count). The summed E-state index contributed by atoms with van der Waals surface area (Å²) in [6, 6.07) is 12.0. The van der Waals surface area contributed by atoms with Gasteiger partial charge in [-0.05, 0) is 18.4 Å². The predicted octanol–water partition coefficient (Wildman–Crippen LogP) is 3.27. The minimum absolute atomic E-state index is 0.274. The lowest BCUT2D eigenvalue weighted by Gasteiger charge is -1.95. The van der Waals surface area contributed by atoms with Gasteiger partial charge in [-0.1, -0.05) is 48.0 Å². The van der Waals surface area contributed by atoms with E-state index in [1.807, 2.05) is 24.3 Å². The van der Waals surface area contributed by atoms with Crippen molar-refractivity contribution in [1.82, 2.24) is 0 Å². The van der Waals surface area contributed by atoms with E-state index in [0.29, 0.717) is 0 Å². The maximum absolute atomic E-state index is 8.38. The molecule has 0 bridgehead atoms. The van der Waals surface area contributed by atoms with Crippen LogP contribution in [0.4, 0.5) is 0 Å². The van der Waals surface area contributed by atoms with Gasteiger partial charge < -0.3 is 0 Å². The molecule has 0 aromatic heterocycles. The van der Waals surface area contributed by atoms with E-state index in [0.717, 1.165) is 12.8 Å². The summed E-state index contributed by atoms with van der Waals surface area (Å²) < 4.78 is 0. The number of nitrogens with zero attached hydrogens (tertiary/aromatic N) is 1. The van der Waals surface area contributed by atoms with E-state index in [1.165, 1.54) is 5.56 Å². The highest BCUT2D eigenvalue weighted by Crippen LogP contribution is 2.06. The van der Waals surface area contributed by atoms with Gasteiger partial charge in [0.15, 0.2) is 0 Å². The Kier molecular flexibility index (Phi) is 4.08. The molecule has 1 nitrogen and oxygen atoms in total. The molecule has 1 aromatic carbocycles. The first-order valence-corrected chi connectivity index (χ1v) is 4.50. The van der Waals surface area contributed by atoms with Crippen LogP contribution >= 0.6 is 11.6 Å². The van der Waals surface area contributed by atoms with Crippen molar-refractivity contribution in [2.75, 3.05) is 0 Å². The third-order valence-corrected chi connectivity index (χ3v) is 1.95. The molecule has 0 N–H and O–H groups in total. The summed E-state index contributed by atoms with van der Waals surface area (Å²) in [5, 5.41) is 8.66. The maximum Gasteiger partial charge on any atom is 0.114 e. The zero-order valence-corrected chi connectivity index (χ0v) is 7.96. The van der Waals surface area contributed by atoms with Crippen LogP contribution < -0.4 is 0 Å². The summed E-state index contributed by atoms with van der Waals surface area (Å²) in [7, 11) is 0. The fourth-order valence-corrected chi connectivity index (χ4v) is 1.16. The molecule has 0 aliphatic heterocycles. The smallest absolute Gasteiger partial charge is 0.114 e. The van der Waals surface area contributed by atoms with Gasteiger partial charge in [-0.25, -0.2) is 0 Å². The Balaban J connectivity index is 2.41. The molecule has 13 heavy (non-hydrogen) atoms. The van der Waals surface area contributed by atoms with Crippen LogP contribution in [0.2, 0.25) is 0 Å². The van der Waals surface area contributed by atoms with Gasteiger partial charge in [-0.3, -0.25) is 0 Å². The number of nitriles is 1. The molecule has 1 aromatic rings. The molecular formula is C11H10ClN. The zero-order valence-electron chi connectivity index (χ0n) is 7.20. The average molecular weight is 192 g/mol. The van der Waals surface area contributed by atoms with Gasteiger partial charge in [0, 0.05) is 0 Å². The largest absolute Gasteiger partial charge is 0.191 e. The molecule has 66 valence electrons. The van der Waals surface area contributed by atoms with Gasteiger partial charge in [0.2, 0.25) is 0 Å². The fraction of sp³-hybridized carbons (Fsp3) is 0.182. The maximum atomic E-state index is 8.38. The van der Waals surface area contributed by atoms with Crippen molar-refractivity contribution in [3.8, 4) is 6.07 Å². The van der Waals surface area contributed by atoms with Crippen LogP contribution in [0.5, 0.6) is 0 Å². The van der Waals surface area contributed by atoms with Gasteiger partial charge in [-0.15, -0.1) is 0 Å². The minimum Gasteiger partial charge on any atom is -0.191 e. The van der Waals surface area contributed by atoms with Crippen LogP contribution in [0.25, 0.3) is 0 Å². The molecule has 0 aliphatic carbocycles. The lowest BCUT2D eigenvalue weighted by molar-refractivity contribution is 1.00. The Morgan fingerprint density at radius 1 is 1.38 bits per heavy atom. The number of hydrogen-bond acceptors (Lipinski definition) is 1. The van der Waals surface area contributed by atoms with Crippen molar-refractivity contribution in [3.63, 3.8) is 0 Å². The number of halogens is 1. The first kappa shape index (κ1) is 9.83. The standard InChI is InChI=1S/C11H10ClN/c12-11(9-13)8-4-7-10-5-2-1-3-6-10/h1-3,5-6,8H,4,7H2/b11-8+. The van der Waals surface area contributed by atoms with E-state index in [1.54, 1.807) is 6.08 Å². The highest BCUT2D eigenvalue weighted by atomic mass is 35.5. The number of hydrogen-bond donors (Lipinski definition) is 0. The van der Waals surface area contributed by atoms with Gasteiger partial charge in [0.1, 0.15) is 11.1 Å². The Labute approximate surface area is 83.3 Å². The topological polar surface area (TPSA) is 23.8 Å². The van der Waals surface area contributed by atoms with E-state index in [4.69, 9.17) is 16.9 Å². The number of allylic oxidation sites excluding steroid dienone is 2. The quantitative estimate of drug-likeness (QED) is 0.673. The van der Waals surface area contributed by atoms with Crippen molar-refractivity contribution < 1.29 is 0 Å². The second-order valence-electron chi connectivity index (χ2n) is 2.69. The normalized spacial score (nSPS) is 10.9. The highest BCUT2D eigenvalue weighted by Gasteiger charge is 1.90. The summed E-state index contributed by atoms with van der Waals surface area (Å²) in [6.07, 6.45) is 3.49. The van der Waals surface area contributed by atoms with E-state index < -0.39 is 0 Å². The molecule has 0 heterocycles. The number of benzene rings is 1. The van der Waals surface area contributed by atoms with E-state index in [2.05, 4.69) is 12.1 Å². The third-order valence-electron chi connectivity index (χ3n) is 1.71. The van der Waals surface area contributed by atoms with Gasteiger partial charge in [0.25, 0.3) is 0 Å². The lowest BCUT2D eigenvalue weighted by atomic mass is 10.1. The van der Waals surface area contributed by atoms with Crippen molar-refractivity contribution in [1.29, 1.82) is 5.26 Å². The molecule has 2 heteroatoms. The molecule has 0 fully saturated rings. The van der Waals surface area contributed by atoms with Crippen LogP contribution in [-0.2, 0) is 6.42 Å². The Hall–Kier alpha value is -1.26. The van der Waals surface area contributed by atoms with Gasteiger partial charge >= 0.3 is 0 Å². The monoisotopic (exact) mass is 191 g/mol. The van der Waals surface area contributed by atoms with Crippen LogP contribution in [0.1, 0.15) is 12.0 Å². The first-order valence-electron chi connectivity index (χ1n) is 4.12. The first-order chi connectivity index (χ1) is 6.33. The molecule has 0 aliphatic rings. The van der Waals surface area contributed by atoms with E-state index in [9.17, 15) is 0 Å². The molecule has 0 saturated carbocycles. The molecule has 0 saturated heterocycles. The van der Waals surface area contributed by atoms with E-state index >= 15 is 0 Å². The minimum atomic E-state index is 0.274. The average Bonchev–Trinajstić information content (AvgIpc) is 2.19. The summed E-state index contributed by atoms with van der Waals surface area (Å²) in [4.78, 5) is 0. The Morgan fingerprint density at radius 2 is 2.08 bits per heavy atom. The summed E-state index contributed by atoms with van der Waals surface area (Å²) >= 11 is 5.53. The molecule has 0 atom stereocenters. The predicted molar refractivity (Wildman–Crippen MR) is 54.3 cm³/mol. The Morgan fingerprint density at radius 3 is 2.69 bits per heavy atom. The molecule has 0 unspecified atom stereocenters. The molecule has 0 spiro atoms. The van der Waals surface area contributed by atoms with Crippen molar-refractivity contribution in [3.05, 3.63) is 47.0 Å². The SMILES string of the molecule is N#C/C(Cl)=C\CCc1ccccc1. The second kappa shape index (κ2) is 5.40. The summed E-state index contributed by atoms with van der Waals surface area (Å²) in [5.41, 5.74) is 1.26. The van der Waals surface area contributed by atoms with Crippen molar-refractivity contribution in [2.24, 2.45) is 0 Å². The lowest BCUT2D eigenvalue weighted by Crippen LogP contribution is -1.81. The van der Waals surface area contributed by atoms with Crippen molar-refractivity contribution in [2.45, 2.75) is 12.8 Å². The second-order valence-corrected chi connectivity index (χ2v) is 3.10. The molecule has 0 amide bonds. The summed E-state index contributed by atoms with van der Waals surface area (Å²) in [5.74, 6) is 0. The highest BCUT2D eigenvalue weighted by molar-refractivity contribution is 6.31. The zero-order chi connectivity index (χ0) is 9.52. The van der Waals surface area contributed by atoms with Crippen LogP contribution in [-0.4, -0.2) is 0 Å². The Bertz CT molecular complexity index is 322. The van der Waals surface area contributed by atoms with E-state index in [-0.39, 0.29) is 5.03 Å². The number of rotatable bonds is 3. The van der Waals surface area contributed by atoms with Gasteiger partial charge in [0.05, 0.1) is 0 Å². The molecule has 0 radical (unpaired) electrons. The van der Waals surface area contributed by atoms with Crippen LogP contribution in [0.3, 0.4) is 0 Å². The third kappa shape index (κ3) is 3.78. The number of aryl methyl sites for hydroxylation is 1. The van der Waals surface area contributed by atoms with Gasteiger partial charge in [-0.2, -0.15) is 5.26 Å². The summed E-state index contributed by atoms with van der Waals surface area (Å²) in [6.45, 7) is 0. The van der Waals surface area contributed by atoms with Crippen LogP contribution in [0, 0.1) is 11.3 Å². The molecular weight excluding hydrogens is 182 g/mol. The van der Waals surface area contributed by atoms with Crippen molar-refractivity contribution >= 4 is 11.6 Å². The van der Waals surface area contributed by atoms with Crippen LogP contribution in [0.15, 0.2) is 41.4 Å². The fourth-order valence-electron chi connectivity index (χ4n) is 1.06.